The molecule has 0 atom stereocenters. The van der Waals surface area contributed by atoms with Crippen molar-refractivity contribution in [1.82, 2.24) is 0 Å². The smallest absolute Gasteiger partial charge is 0.208 e. The molecule has 0 saturated heterocycles. The minimum atomic E-state index is 0.222. The van der Waals surface area contributed by atoms with Gasteiger partial charge in [0.15, 0.2) is 0 Å². The Labute approximate surface area is 72.0 Å². The van der Waals surface area contributed by atoms with Crippen LogP contribution in [-0.2, 0) is 11.2 Å². The molecule has 2 heteroatoms. The van der Waals surface area contributed by atoms with Crippen molar-refractivity contribution in [3.63, 3.8) is 0 Å². The fraction of sp³-hybridized carbons (Fsp3) is 0.222. The van der Waals surface area contributed by atoms with E-state index in [0.29, 0.717) is 0 Å². The molecule has 1 nitrogen and oxygen atoms in total. The molecule has 0 spiro atoms. The maximum atomic E-state index is 8.57. The van der Waals surface area contributed by atoms with Crippen LogP contribution in [0.25, 0.3) is 0 Å². The van der Waals surface area contributed by atoms with Gasteiger partial charge in [0, 0.05) is 0 Å². The number of rotatable bonds is 1. The van der Waals surface area contributed by atoms with E-state index < -0.39 is 0 Å². The van der Waals surface area contributed by atoms with Crippen molar-refractivity contribution in [3.8, 4) is 0 Å². The normalized spacial score (nSPS) is 7.82. The standard InChI is InChI=1S/C8H10.CHClO/c1-2-8-6-4-3-5-7-8;2-1-3/h3-7H,2H2,1H3;1H. The first-order valence-electron chi connectivity index (χ1n) is 3.43. The third-order valence-corrected chi connectivity index (χ3v) is 1.25. The Morgan fingerprint density at radius 2 is 1.82 bits per heavy atom. The van der Waals surface area contributed by atoms with E-state index in [9.17, 15) is 0 Å². The molecule has 0 aliphatic heterocycles. The predicted molar refractivity (Wildman–Crippen MR) is 48.4 cm³/mol. The first-order valence-corrected chi connectivity index (χ1v) is 3.86. The van der Waals surface area contributed by atoms with Crippen LogP contribution < -0.4 is 0 Å². The van der Waals surface area contributed by atoms with Gasteiger partial charge >= 0.3 is 0 Å². The zero-order valence-electron chi connectivity index (χ0n) is 6.46. The summed E-state index contributed by atoms with van der Waals surface area (Å²) in [6, 6.07) is 10.5. The molecule has 1 aromatic rings. The van der Waals surface area contributed by atoms with Crippen LogP contribution in [0.5, 0.6) is 0 Å². The predicted octanol–water partition coefficient (Wildman–Crippen LogP) is 2.66. The van der Waals surface area contributed by atoms with Gasteiger partial charge in [0.05, 0.1) is 0 Å². The maximum Gasteiger partial charge on any atom is 0.208 e. The highest BCUT2D eigenvalue weighted by Crippen LogP contribution is 1.96. The van der Waals surface area contributed by atoms with Crippen molar-refractivity contribution in [2.24, 2.45) is 0 Å². The highest BCUT2D eigenvalue weighted by Gasteiger charge is 1.79. The minimum Gasteiger partial charge on any atom is -0.285 e. The molecule has 0 amide bonds. The van der Waals surface area contributed by atoms with Crippen LogP contribution in [0, 0.1) is 0 Å². The number of halogens is 1. The molecule has 1 rings (SSSR count). The number of aryl methyl sites for hydroxylation is 1. The zero-order valence-corrected chi connectivity index (χ0v) is 7.21. The monoisotopic (exact) mass is 170 g/mol. The van der Waals surface area contributed by atoms with Crippen LogP contribution in [0.2, 0.25) is 0 Å². The molecule has 1 aromatic carbocycles. The van der Waals surface area contributed by atoms with Crippen LogP contribution in [0.4, 0.5) is 0 Å². The lowest BCUT2D eigenvalue weighted by molar-refractivity contribution is 0.569. The number of hydrogen-bond acceptors (Lipinski definition) is 1. The molecular formula is C9H11ClO. The molecule has 0 aliphatic rings. The van der Waals surface area contributed by atoms with E-state index in [1.54, 1.807) is 0 Å². The Balaban J connectivity index is 0.000000292. The van der Waals surface area contributed by atoms with Gasteiger partial charge in [0.2, 0.25) is 5.75 Å². The van der Waals surface area contributed by atoms with Crippen LogP contribution in [-0.4, -0.2) is 5.75 Å². The van der Waals surface area contributed by atoms with E-state index in [1.165, 1.54) is 5.56 Å². The Morgan fingerprint density at radius 3 is 2.09 bits per heavy atom. The number of hydrogen-bond donors (Lipinski definition) is 0. The van der Waals surface area contributed by atoms with Crippen molar-refractivity contribution in [2.45, 2.75) is 13.3 Å². The Morgan fingerprint density at radius 1 is 1.36 bits per heavy atom. The fourth-order valence-corrected chi connectivity index (χ4v) is 0.714. The number of carbonyl (C=O) groups is 1. The van der Waals surface area contributed by atoms with E-state index in [0.717, 1.165) is 6.42 Å². The van der Waals surface area contributed by atoms with Gasteiger partial charge in [-0.2, -0.15) is 0 Å². The summed E-state index contributed by atoms with van der Waals surface area (Å²) in [5.41, 5.74) is 1.41. The summed E-state index contributed by atoms with van der Waals surface area (Å²) in [6.45, 7) is 2.16. The van der Waals surface area contributed by atoms with E-state index in [1.807, 2.05) is 6.07 Å². The molecule has 0 saturated carbocycles. The van der Waals surface area contributed by atoms with Gasteiger partial charge < -0.3 is 0 Å². The van der Waals surface area contributed by atoms with Gasteiger partial charge in [0.1, 0.15) is 0 Å². The Hall–Kier alpha value is -0.820. The van der Waals surface area contributed by atoms with Crippen molar-refractivity contribution in [3.05, 3.63) is 35.9 Å². The molecule has 0 heterocycles. The van der Waals surface area contributed by atoms with Gasteiger partial charge in [-0.25, -0.2) is 0 Å². The van der Waals surface area contributed by atoms with Crippen molar-refractivity contribution in [1.29, 1.82) is 0 Å². The van der Waals surface area contributed by atoms with Crippen LogP contribution in [0.15, 0.2) is 30.3 Å². The van der Waals surface area contributed by atoms with E-state index in [4.69, 9.17) is 4.79 Å². The highest BCUT2D eigenvalue weighted by atomic mass is 35.5. The van der Waals surface area contributed by atoms with Gasteiger partial charge in [-0.1, -0.05) is 37.3 Å². The van der Waals surface area contributed by atoms with Crippen LogP contribution in [0.3, 0.4) is 0 Å². The van der Waals surface area contributed by atoms with Crippen LogP contribution in [0.1, 0.15) is 12.5 Å². The molecule has 0 aromatic heterocycles. The lowest BCUT2D eigenvalue weighted by Crippen LogP contribution is -1.73. The average molecular weight is 171 g/mol. The molecule has 0 aliphatic carbocycles. The van der Waals surface area contributed by atoms with E-state index >= 15 is 0 Å². The van der Waals surface area contributed by atoms with Crippen LogP contribution >= 0.6 is 11.6 Å². The highest BCUT2D eigenvalue weighted by molar-refractivity contribution is 6.54. The molecule has 0 unspecified atom stereocenters. The molecule has 60 valence electrons. The van der Waals surface area contributed by atoms with Gasteiger partial charge in [-0.05, 0) is 23.6 Å². The van der Waals surface area contributed by atoms with Crippen molar-refractivity contribution in [2.75, 3.05) is 0 Å². The first kappa shape index (κ1) is 10.2. The molecule has 0 fully saturated rings. The summed E-state index contributed by atoms with van der Waals surface area (Å²) in [6.07, 6.45) is 1.14. The lowest BCUT2D eigenvalue weighted by atomic mass is 10.2. The topological polar surface area (TPSA) is 17.1 Å². The van der Waals surface area contributed by atoms with Gasteiger partial charge in [0.25, 0.3) is 0 Å². The lowest BCUT2D eigenvalue weighted by Gasteiger charge is -1.89. The maximum absolute atomic E-state index is 8.57. The number of benzene rings is 1. The Kier molecular flexibility index (Phi) is 6.75. The third-order valence-electron chi connectivity index (χ3n) is 1.25. The second-order valence-electron chi connectivity index (χ2n) is 1.93. The number of carbonyl (C=O) groups excluding carboxylic acids is 1. The summed E-state index contributed by atoms with van der Waals surface area (Å²) < 4.78 is 0. The van der Waals surface area contributed by atoms with E-state index in [-0.39, 0.29) is 5.75 Å². The molecule has 11 heavy (non-hydrogen) atoms. The van der Waals surface area contributed by atoms with Crippen molar-refractivity contribution < 1.29 is 4.79 Å². The SMILES string of the molecule is CCc1ccccc1.O=CCl. The molecule has 0 bridgehead atoms. The van der Waals surface area contributed by atoms with E-state index in [2.05, 4.69) is 42.8 Å². The van der Waals surface area contributed by atoms with Gasteiger partial charge in [-0.3, -0.25) is 4.79 Å². The second kappa shape index (κ2) is 7.29. The third kappa shape index (κ3) is 5.62. The molecular weight excluding hydrogens is 160 g/mol. The summed E-state index contributed by atoms with van der Waals surface area (Å²) in [5.74, 6) is 0.222. The summed E-state index contributed by atoms with van der Waals surface area (Å²) in [4.78, 5) is 8.57. The largest absolute Gasteiger partial charge is 0.285 e. The Bertz CT molecular complexity index is 184. The summed E-state index contributed by atoms with van der Waals surface area (Å²) >= 11 is 4.32. The quantitative estimate of drug-likeness (QED) is 0.468. The van der Waals surface area contributed by atoms with Crippen molar-refractivity contribution >= 4 is 17.3 Å². The fourth-order valence-electron chi connectivity index (χ4n) is 0.714. The van der Waals surface area contributed by atoms with Gasteiger partial charge in [-0.15, -0.1) is 0 Å². The molecule has 0 radical (unpaired) electrons. The second-order valence-corrected chi connectivity index (χ2v) is 2.11. The average Bonchev–Trinajstić information content (AvgIpc) is 2.08. The minimum absolute atomic E-state index is 0.222. The summed E-state index contributed by atoms with van der Waals surface area (Å²) in [7, 11) is 0. The molecule has 0 N–H and O–H groups in total. The summed E-state index contributed by atoms with van der Waals surface area (Å²) in [5, 5.41) is 0. The zero-order chi connectivity index (χ0) is 8.53. The first-order chi connectivity index (χ1) is 5.35.